The Labute approximate surface area is 231 Å². The maximum absolute atomic E-state index is 13.0. The molecular weight excluding hydrogens is 512 g/mol. The van der Waals surface area contributed by atoms with Crippen molar-refractivity contribution >= 4 is 27.1 Å². The van der Waals surface area contributed by atoms with Crippen molar-refractivity contribution in [1.29, 1.82) is 0 Å². The molecule has 0 bridgehead atoms. The molecule has 38 heavy (non-hydrogen) atoms. The number of thiophene rings is 1. The third-order valence-corrected chi connectivity index (χ3v) is 9.79. The molecule has 3 N–H and O–H groups in total. The van der Waals surface area contributed by atoms with Crippen LogP contribution in [0.25, 0.3) is 0 Å². The van der Waals surface area contributed by atoms with Gasteiger partial charge in [-0.25, -0.2) is 13.1 Å². The van der Waals surface area contributed by atoms with Crippen LogP contribution in [0.4, 0.5) is 0 Å². The number of piperidine rings is 1. The van der Waals surface area contributed by atoms with Gasteiger partial charge in [0.2, 0.25) is 0 Å². The summed E-state index contributed by atoms with van der Waals surface area (Å²) in [6.45, 7) is 5.55. The molecule has 0 spiro atoms. The number of benzene rings is 2. The number of hydrogen-bond donors (Lipinski definition) is 2. The van der Waals surface area contributed by atoms with Crippen molar-refractivity contribution in [3.05, 3.63) is 101 Å². The second kappa shape index (κ2) is 13.8. The fourth-order valence-corrected chi connectivity index (χ4v) is 7.22. The lowest BCUT2D eigenvalue weighted by molar-refractivity contribution is 0.202. The molecule has 2 heterocycles. The molecule has 3 aromatic rings. The standard InChI is InChI=1S/C30H38N4O2S2/c1-2-32-29(23-27(31)22-24-10-5-3-6-11-24)26-15-18-34(19-16-26)20-17-28(25-12-7-4-8-13-25)33-38(35,36)30-14-9-21-37-30/h3-14,21,23,26,28,33H,2,15-20,22,31H2,1H3/t28-/m0/s1. The molecule has 1 saturated heterocycles. The Morgan fingerprint density at radius 1 is 1.08 bits per heavy atom. The van der Waals surface area contributed by atoms with Crippen molar-refractivity contribution in [3.63, 3.8) is 0 Å². The molecular formula is C30H38N4O2S2. The van der Waals surface area contributed by atoms with Crippen molar-refractivity contribution in [2.24, 2.45) is 16.6 Å². The zero-order valence-corrected chi connectivity index (χ0v) is 23.6. The van der Waals surface area contributed by atoms with Gasteiger partial charge in [-0.2, -0.15) is 0 Å². The maximum Gasteiger partial charge on any atom is 0.250 e. The molecule has 1 fully saturated rings. The largest absolute Gasteiger partial charge is 0.402 e. The fraction of sp³-hybridized carbons (Fsp3) is 0.367. The first-order valence-electron chi connectivity index (χ1n) is 13.3. The normalized spacial score (nSPS) is 17.0. The van der Waals surface area contributed by atoms with Gasteiger partial charge >= 0.3 is 0 Å². The van der Waals surface area contributed by atoms with Gasteiger partial charge < -0.3 is 10.6 Å². The second-order valence-corrected chi connectivity index (χ2v) is 12.6. The lowest BCUT2D eigenvalue weighted by atomic mass is 9.90. The predicted molar refractivity (Wildman–Crippen MR) is 158 cm³/mol. The summed E-state index contributed by atoms with van der Waals surface area (Å²) in [6.07, 6.45) is 5.56. The summed E-state index contributed by atoms with van der Waals surface area (Å²) in [6, 6.07) is 23.3. The first kappa shape index (κ1) is 28.2. The average Bonchev–Trinajstić information content (AvgIpc) is 3.49. The molecule has 6 nitrogen and oxygen atoms in total. The number of nitrogens with two attached hydrogens (primary N) is 1. The van der Waals surface area contributed by atoms with E-state index in [2.05, 4.69) is 34.8 Å². The molecule has 0 aliphatic carbocycles. The molecule has 202 valence electrons. The van der Waals surface area contributed by atoms with Crippen molar-refractivity contribution < 1.29 is 8.42 Å². The Bertz CT molecular complexity index is 1280. The topological polar surface area (TPSA) is 87.8 Å². The smallest absolute Gasteiger partial charge is 0.250 e. The van der Waals surface area contributed by atoms with Crippen LogP contribution >= 0.6 is 11.3 Å². The zero-order chi connectivity index (χ0) is 26.8. The Morgan fingerprint density at radius 3 is 2.39 bits per heavy atom. The molecule has 1 aliphatic rings. The van der Waals surface area contributed by atoms with Gasteiger partial charge in [-0.3, -0.25) is 4.99 Å². The third kappa shape index (κ3) is 8.11. The van der Waals surface area contributed by atoms with Crippen molar-refractivity contribution in [2.75, 3.05) is 26.2 Å². The van der Waals surface area contributed by atoms with Crippen LogP contribution in [0.2, 0.25) is 0 Å². The molecule has 4 rings (SSSR count). The van der Waals surface area contributed by atoms with Crippen LogP contribution < -0.4 is 10.5 Å². The fourth-order valence-electron chi connectivity index (χ4n) is 4.95. The summed E-state index contributed by atoms with van der Waals surface area (Å²) in [4.78, 5) is 7.24. The van der Waals surface area contributed by atoms with Gasteiger partial charge in [0.25, 0.3) is 10.0 Å². The summed E-state index contributed by atoms with van der Waals surface area (Å²) < 4.78 is 29.2. The van der Waals surface area contributed by atoms with Crippen molar-refractivity contribution in [2.45, 2.75) is 42.9 Å². The lowest BCUT2D eigenvalue weighted by Gasteiger charge is -2.33. The zero-order valence-electron chi connectivity index (χ0n) is 22.0. The SMILES string of the molecule is CCN=C(C=C(N)Cc1ccccc1)C1CCN(CC[C@H](NS(=O)(=O)c2cccs2)c2ccccc2)CC1. The minimum Gasteiger partial charge on any atom is -0.402 e. The molecule has 1 aliphatic heterocycles. The van der Waals surface area contributed by atoms with Gasteiger partial charge in [0, 0.05) is 36.3 Å². The van der Waals surface area contributed by atoms with E-state index in [0.29, 0.717) is 16.5 Å². The van der Waals surface area contributed by atoms with Crippen molar-refractivity contribution in [3.8, 4) is 0 Å². The van der Waals surface area contributed by atoms with E-state index in [4.69, 9.17) is 10.7 Å². The Hall–Kier alpha value is -2.78. The molecule has 0 saturated carbocycles. The molecule has 8 heteroatoms. The quantitative estimate of drug-likeness (QED) is 0.295. The van der Waals surface area contributed by atoms with Gasteiger partial charge in [0.1, 0.15) is 4.21 Å². The van der Waals surface area contributed by atoms with Crippen LogP contribution in [-0.2, 0) is 16.4 Å². The summed E-state index contributed by atoms with van der Waals surface area (Å²) in [7, 11) is -3.56. The maximum atomic E-state index is 13.0. The molecule has 0 radical (unpaired) electrons. The van der Waals surface area contributed by atoms with Crippen LogP contribution in [-0.4, -0.2) is 45.2 Å². The third-order valence-electron chi connectivity index (χ3n) is 6.92. The number of rotatable bonds is 12. The highest BCUT2D eigenvalue weighted by atomic mass is 32.2. The predicted octanol–water partition coefficient (Wildman–Crippen LogP) is 5.42. The summed E-state index contributed by atoms with van der Waals surface area (Å²) in [5.41, 5.74) is 10.5. The van der Waals surface area contributed by atoms with Gasteiger partial charge in [0.15, 0.2) is 0 Å². The van der Waals surface area contributed by atoms with E-state index >= 15 is 0 Å². The number of aliphatic imine (C=N–C) groups is 1. The average molecular weight is 551 g/mol. The first-order valence-corrected chi connectivity index (χ1v) is 15.7. The number of hydrogen-bond acceptors (Lipinski definition) is 6. The van der Waals surface area contributed by atoms with Crippen LogP contribution in [0.5, 0.6) is 0 Å². The van der Waals surface area contributed by atoms with Gasteiger partial charge in [-0.15, -0.1) is 11.3 Å². The van der Waals surface area contributed by atoms with E-state index in [1.807, 2.05) is 48.5 Å². The van der Waals surface area contributed by atoms with E-state index in [0.717, 1.165) is 62.4 Å². The van der Waals surface area contributed by atoms with E-state index in [-0.39, 0.29) is 6.04 Å². The van der Waals surface area contributed by atoms with Gasteiger partial charge in [0.05, 0.1) is 0 Å². The van der Waals surface area contributed by atoms with Crippen LogP contribution in [0.1, 0.15) is 43.4 Å². The van der Waals surface area contributed by atoms with Crippen LogP contribution in [0.15, 0.2) is 99.2 Å². The Morgan fingerprint density at radius 2 is 1.76 bits per heavy atom. The number of allylic oxidation sites excluding steroid dienone is 2. The number of sulfonamides is 1. The van der Waals surface area contributed by atoms with E-state index in [9.17, 15) is 8.42 Å². The minimum atomic E-state index is -3.56. The van der Waals surface area contributed by atoms with E-state index < -0.39 is 10.0 Å². The number of nitrogens with one attached hydrogen (secondary N) is 1. The monoisotopic (exact) mass is 550 g/mol. The minimum absolute atomic E-state index is 0.279. The molecule has 0 unspecified atom stereocenters. The molecule has 0 amide bonds. The summed E-state index contributed by atoms with van der Waals surface area (Å²) in [5, 5.41) is 1.79. The highest BCUT2D eigenvalue weighted by Crippen LogP contribution is 2.25. The number of nitrogens with zero attached hydrogens (tertiary/aromatic N) is 2. The lowest BCUT2D eigenvalue weighted by Crippen LogP contribution is -2.38. The first-order chi connectivity index (χ1) is 18.4. The Balaban J connectivity index is 1.35. The van der Waals surface area contributed by atoms with Crippen LogP contribution in [0.3, 0.4) is 0 Å². The highest BCUT2D eigenvalue weighted by molar-refractivity contribution is 7.91. The summed E-state index contributed by atoms with van der Waals surface area (Å²) in [5.74, 6) is 0.391. The second-order valence-electron chi connectivity index (χ2n) is 9.70. The molecule has 1 aromatic heterocycles. The molecule has 1 atom stereocenters. The number of likely N-dealkylation sites (tertiary alicyclic amines) is 1. The van der Waals surface area contributed by atoms with E-state index in [1.165, 1.54) is 16.9 Å². The van der Waals surface area contributed by atoms with E-state index in [1.54, 1.807) is 17.5 Å². The van der Waals surface area contributed by atoms with Gasteiger partial charge in [-0.05, 0) is 74.5 Å². The van der Waals surface area contributed by atoms with Crippen molar-refractivity contribution in [1.82, 2.24) is 9.62 Å². The van der Waals surface area contributed by atoms with Gasteiger partial charge in [-0.1, -0.05) is 66.7 Å². The Kier molecular flexibility index (Phi) is 10.3. The summed E-state index contributed by atoms with van der Waals surface area (Å²) >= 11 is 1.24. The van der Waals surface area contributed by atoms with Crippen LogP contribution in [0, 0.1) is 5.92 Å². The highest BCUT2D eigenvalue weighted by Gasteiger charge is 2.26. The molecule has 2 aromatic carbocycles.